The lowest BCUT2D eigenvalue weighted by atomic mass is 10.1. The average molecular weight is 533 g/mol. The number of hydrogen-bond donors (Lipinski definition) is 3. The van der Waals surface area contributed by atoms with E-state index in [1.165, 1.54) is 25.4 Å². The van der Waals surface area contributed by atoms with Crippen molar-refractivity contribution >= 4 is 23.3 Å². The van der Waals surface area contributed by atoms with Gasteiger partial charge in [0.1, 0.15) is 28.5 Å². The van der Waals surface area contributed by atoms with Crippen LogP contribution in [0.15, 0.2) is 60.8 Å². The molecule has 3 rings (SSSR count). The van der Waals surface area contributed by atoms with E-state index in [1.807, 2.05) is 13.8 Å². The summed E-state index contributed by atoms with van der Waals surface area (Å²) in [6, 6.07) is 11.4. The summed E-state index contributed by atoms with van der Waals surface area (Å²) in [6.07, 6.45) is -3.15. The van der Waals surface area contributed by atoms with Crippen LogP contribution < -0.4 is 25.4 Å². The van der Waals surface area contributed by atoms with Crippen molar-refractivity contribution < 1.29 is 32.2 Å². The standard InChI is InChI=1S/C25H25F3N4O4.C2H6/c1-24(2,3)36-21-10-5-15(25(26,27)28)13-19(21)32-23(34)31-16-6-8-17(9-7-16)35-18-11-12-30-20(14-18)22(33)29-4;1-2/h5-14H,1-4H3,(H,29,33)(H2,31,32,34);1-2H3. The van der Waals surface area contributed by atoms with Crippen molar-refractivity contribution in [2.75, 3.05) is 17.7 Å². The number of urea groups is 1. The molecule has 2 aromatic carbocycles. The molecule has 204 valence electrons. The lowest BCUT2D eigenvalue weighted by Crippen LogP contribution is -2.25. The summed E-state index contributed by atoms with van der Waals surface area (Å²) in [5, 5.41) is 7.45. The molecule has 0 unspecified atom stereocenters. The molecule has 0 saturated carbocycles. The number of benzene rings is 2. The van der Waals surface area contributed by atoms with Gasteiger partial charge in [0.25, 0.3) is 5.91 Å². The largest absolute Gasteiger partial charge is 0.486 e. The lowest BCUT2D eigenvalue weighted by molar-refractivity contribution is -0.137. The molecule has 8 nitrogen and oxygen atoms in total. The summed E-state index contributed by atoms with van der Waals surface area (Å²) >= 11 is 0. The number of carbonyl (C=O) groups is 2. The zero-order valence-corrected chi connectivity index (χ0v) is 22.0. The molecular weight excluding hydrogens is 501 g/mol. The van der Waals surface area contributed by atoms with Crippen LogP contribution in [0.25, 0.3) is 0 Å². The Balaban J connectivity index is 0.00000247. The highest BCUT2D eigenvalue weighted by atomic mass is 19.4. The second kappa shape index (κ2) is 12.8. The number of nitrogens with one attached hydrogen (secondary N) is 3. The van der Waals surface area contributed by atoms with E-state index in [0.29, 0.717) is 17.2 Å². The first-order valence-corrected chi connectivity index (χ1v) is 11.8. The van der Waals surface area contributed by atoms with E-state index in [-0.39, 0.29) is 23.0 Å². The molecule has 1 heterocycles. The molecule has 0 atom stereocenters. The van der Waals surface area contributed by atoms with Gasteiger partial charge in [-0.15, -0.1) is 0 Å². The summed E-state index contributed by atoms with van der Waals surface area (Å²) < 4.78 is 51.0. The third kappa shape index (κ3) is 8.99. The van der Waals surface area contributed by atoms with Gasteiger partial charge in [0.05, 0.1) is 11.3 Å². The molecule has 0 fully saturated rings. The monoisotopic (exact) mass is 532 g/mol. The molecule has 11 heteroatoms. The molecule has 3 amide bonds. The van der Waals surface area contributed by atoms with Crippen molar-refractivity contribution in [3.63, 3.8) is 0 Å². The van der Waals surface area contributed by atoms with Crippen LogP contribution in [-0.2, 0) is 6.18 Å². The predicted octanol–water partition coefficient (Wildman–Crippen LogP) is 7.10. The van der Waals surface area contributed by atoms with E-state index in [0.717, 1.165) is 12.1 Å². The molecule has 0 radical (unpaired) electrons. The Morgan fingerprint density at radius 3 is 2.11 bits per heavy atom. The second-order valence-corrected chi connectivity index (χ2v) is 8.58. The number of hydrogen-bond acceptors (Lipinski definition) is 5. The number of amides is 3. The van der Waals surface area contributed by atoms with Crippen LogP contribution in [-0.4, -0.2) is 29.6 Å². The van der Waals surface area contributed by atoms with Crippen LogP contribution in [0.4, 0.5) is 29.3 Å². The summed E-state index contributed by atoms with van der Waals surface area (Å²) in [5.74, 6) is 0.553. The molecule has 38 heavy (non-hydrogen) atoms. The Kier molecular flexibility index (Phi) is 10.1. The minimum Gasteiger partial charge on any atom is -0.486 e. The van der Waals surface area contributed by atoms with E-state index in [4.69, 9.17) is 9.47 Å². The van der Waals surface area contributed by atoms with Gasteiger partial charge in [-0.1, -0.05) is 13.8 Å². The highest BCUT2D eigenvalue weighted by molar-refractivity contribution is 6.00. The van der Waals surface area contributed by atoms with Gasteiger partial charge in [0.15, 0.2) is 0 Å². The highest BCUT2D eigenvalue weighted by Gasteiger charge is 2.32. The first-order chi connectivity index (χ1) is 17.8. The first-order valence-electron chi connectivity index (χ1n) is 11.8. The van der Waals surface area contributed by atoms with Crippen LogP contribution >= 0.6 is 0 Å². The molecule has 0 saturated heterocycles. The second-order valence-electron chi connectivity index (χ2n) is 8.58. The molecule has 0 spiro atoms. The fourth-order valence-corrected chi connectivity index (χ4v) is 2.98. The third-order valence-corrected chi connectivity index (χ3v) is 4.51. The fourth-order valence-electron chi connectivity index (χ4n) is 2.98. The SMILES string of the molecule is CC.CNC(=O)c1cc(Oc2ccc(NC(=O)Nc3cc(C(F)(F)F)ccc3OC(C)(C)C)cc2)ccn1. The Bertz CT molecular complexity index is 1240. The highest BCUT2D eigenvalue weighted by Crippen LogP contribution is 2.36. The van der Waals surface area contributed by atoms with Crippen molar-refractivity contribution in [3.05, 3.63) is 72.1 Å². The number of ether oxygens (including phenoxy) is 2. The molecule has 3 aromatic rings. The van der Waals surface area contributed by atoms with Crippen LogP contribution in [0, 0.1) is 0 Å². The smallest absolute Gasteiger partial charge is 0.416 e. The van der Waals surface area contributed by atoms with Crippen LogP contribution in [0.1, 0.15) is 50.7 Å². The van der Waals surface area contributed by atoms with E-state index in [2.05, 4.69) is 20.9 Å². The van der Waals surface area contributed by atoms with Crippen molar-refractivity contribution in [3.8, 4) is 17.2 Å². The molecular formula is C27H31F3N4O4. The predicted molar refractivity (Wildman–Crippen MR) is 140 cm³/mol. The quantitative estimate of drug-likeness (QED) is 0.314. The Hall–Kier alpha value is -4.28. The van der Waals surface area contributed by atoms with E-state index >= 15 is 0 Å². The maximum absolute atomic E-state index is 13.2. The van der Waals surface area contributed by atoms with Gasteiger partial charge in [0, 0.05) is 25.0 Å². The lowest BCUT2D eigenvalue weighted by Gasteiger charge is -2.24. The molecule has 0 aliphatic carbocycles. The summed E-state index contributed by atoms with van der Waals surface area (Å²) in [4.78, 5) is 28.2. The normalized spacial score (nSPS) is 11.0. The van der Waals surface area contributed by atoms with E-state index in [1.54, 1.807) is 51.1 Å². The Morgan fingerprint density at radius 2 is 1.53 bits per heavy atom. The average Bonchev–Trinajstić information content (AvgIpc) is 2.85. The summed E-state index contributed by atoms with van der Waals surface area (Å²) in [7, 11) is 1.49. The summed E-state index contributed by atoms with van der Waals surface area (Å²) in [5.41, 5.74) is -1.18. The molecule has 0 aliphatic heterocycles. The maximum atomic E-state index is 13.2. The third-order valence-electron chi connectivity index (χ3n) is 4.51. The van der Waals surface area contributed by atoms with Crippen LogP contribution in [0.2, 0.25) is 0 Å². The van der Waals surface area contributed by atoms with Gasteiger partial charge < -0.3 is 25.4 Å². The van der Waals surface area contributed by atoms with Crippen LogP contribution in [0.3, 0.4) is 0 Å². The van der Waals surface area contributed by atoms with Gasteiger partial charge in [-0.2, -0.15) is 13.2 Å². The number of pyridine rings is 1. The van der Waals surface area contributed by atoms with Gasteiger partial charge in [-0.25, -0.2) is 4.79 Å². The Morgan fingerprint density at radius 1 is 0.868 bits per heavy atom. The molecule has 0 bridgehead atoms. The number of aromatic nitrogens is 1. The minimum atomic E-state index is -4.58. The topological polar surface area (TPSA) is 102 Å². The zero-order chi connectivity index (χ0) is 28.5. The van der Waals surface area contributed by atoms with Gasteiger partial charge in [-0.3, -0.25) is 9.78 Å². The number of nitrogens with zero attached hydrogens (tertiary/aromatic N) is 1. The molecule has 3 N–H and O–H groups in total. The number of rotatable bonds is 6. The van der Waals surface area contributed by atoms with Crippen molar-refractivity contribution in [2.24, 2.45) is 0 Å². The van der Waals surface area contributed by atoms with Crippen molar-refractivity contribution in [1.29, 1.82) is 0 Å². The van der Waals surface area contributed by atoms with Crippen molar-refractivity contribution in [2.45, 2.75) is 46.4 Å². The zero-order valence-electron chi connectivity index (χ0n) is 22.0. The van der Waals surface area contributed by atoms with Gasteiger partial charge in [-0.05, 0) is 69.3 Å². The van der Waals surface area contributed by atoms with Gasteiger partial charge in [0.2, 0.25) is 0 Å². The fraction of sp³-hybridized carbons (Fsp3) is 0.296. The van der Waals surface area contributed by atoms with E-state index < -0.39 is 23.4 Å². The number of halogens is 3. The molecule has 0 aliphatic rings. The van der Waals surface area contributed by atoms with Gasteiger partial charge >= 0.3 is 12.2 Å². The minimum absolute atomic E-state index is 0.0999. The Labute approximate surface area is 219 Å². The maximum Gasteiger partial charge on any atom is 0.416 e. The van der Waals surface area contributed by atoms with Crippen molar-refractivity contribution in [1.82, 2.24) is 10.3 Å². The summed E-state index contributed by atoms with van der Waals surface area (Å²) in [6.45, 7) is 9.22. The van der Waals surface area contributed by atoms with Crippen LogP contribution in [0.5, 0.6) is 17.2 Å². The first kappa shape index (κ1) is 29.9. The number of anilines is 2. The number of carbonyl (C=O) groups excluding carboxylic acids is 2. The number of alkyl halides is 3. The van der Waals surface area contributed by atoms with E-state index in [9.17, 15) is 22.8 Å². The molecule has 1 aromatic heterocycles.